The second-order valence-electron chi connectivity index (χ2n) is 5.13. The topological polar surface area (TPSA) is 41.6 Å². The van der Waals surface area contributed by atoms with Gasteiger partial charge in [-0.1, -0.05) is 0 Å². The van der Waals surface area contributed by atoms with E-state index in [1.807, 2.05) is 13.8 Å². The Morgan fingerprint density at radius 2 is 2.00 bits per heavy atom. The molecule has 6 heteroatoms. The first-order chi connectivity index (χ1) is 9.45. The fourth-order valence-electron chi connectivity index (χ4n) is 2.35. The molecule has 1 aliphatic rings. The van der Waals surface area contributed by atoms with Crippen LogP contribution in [0.3, 0.4) is 0 Å². The lowest BCUT2D eigenvalue weighted by atomic mass is 10.1. The van der Waals surface area contributed by atoms with Crippen molar-refractivity contribution in [1.82, 2.24) is 10.2 Å². The molecular formula is C14H18F2N2O2. The summed E-state index contributed by atoms with van der Waals surface area (Å²) in [4.78, 5) is 13.7. The summed E-state index contributed by atoms with van der Waals surface area (Å²) >= 11 is 0. The molecule has 1 saturated heterocycles. The quantitative estimate of drug-likeness (QED) is 0.915. The zero-order valence-corrected chi connectivity index (χ0v) is 11.5. The molecule has 0 aliphatic carbocycles. The summed E-state index contributed by atoms with van der Waals surface area (Å²) in [7, 11) is 0. The highest BCUT2D eigenvalue weighted by molar-refractivity contribution is 5.78. The minimum atomic E-state index is -0.806. The molecule has 1 fully saturated rings. The lowest BCUT2D eigenvalue weighted by Gasteiger charge is -2.36. The molecule has 110 valence electrons. The number of carbonyl (C=O) groups is 1. The van der Waals surface area contributed by atoms with Crippen LogP contribution in [-0.4, -0.2) is 42.6 Å². The molecule has 0 aromatic heterocycles. The number of rotatable bonds is 3. The Morgan fingerprint density at radius 3 is 2.60 bits per heavy atom. The van der Waals surface area contributed by atoms with Gasteiger partial charge in [-0.05, 0) is 26.0 Å². The predicted molar refractivity (Wildman–Crippen MR) is 70.5 cm³/mol. The van der Waals surface area contributed by atoms with Crippen LogP contribution in [0.4, 0.5) is 8.78 Å². The smallest absolute Gasteiger partial charge is 0.260 e. The number of nitrogens with zero attached hydrogens (tertiary/aromatic N) is 1. The average molecular weight is 284 g/mol. The van der Waals surface area contributed by atoms with Gasteiger partial charge in [0.25, 0.3) is 5.91 Å². The molecule has 4 nitrogen and oxygen atoms in total. The summed E-state index contributed by atoms with van der Waals surface area (Å²) in [6, 6.07) is 3.43. The number of ether oxygens (including phenoxy) is 1. The summed E-state index contributed by atoms with van der Waals surface area (Å²) in [6.45, 7) is 4.94. The zero-order chi connectivity index (χ0) is 14.7. The van der Waals surface area contributed by atoms with Gasteiger partial charge in [0, 0.05) is 31.2 Å². The van der Waals surface area contributed by atoms with Gasteiger partial charge in [-0.2, -0.15) is 0 Å². The van der Waals surface area contributed by atoms with Crippen LogP contribution in [0.2, 0.25) is 0 Å². The van der Waals surface area contributed by atoms with Gasteiger partial charge in [-0.25, -0.2) is 8.78 Å². The Labute approximate surface area is 116 Å². The van der Waals surface area contributed by atoms with E-state index in [9.17, 15) is 13.6 Å². The molecule has 0 saturated carbocycles. The van der Waals surface area contributed by atoms with Crippen LogP contribution in [0, 0.1) is 11.6 Å². The zero-order valence-electron chi connectivity index (χ0n) is 11.5. The van der Waals surface area contributed by atoms with E-state index in [0.717, 1.165) is 12.1 Å². The Kier molecular flexibility index (Phi) is 4.54. The molecule has 1 aromatic carbocycles. The van der Waals surface area contributed by atoms with Crippen LogP contribution in [0.1, 0.15) is 13.8 Å². The number of benzene rings is 1. The fraction of sp³-hybridized carbons (Fsp3) is 0.500. The van der Waals surface area contributed by atoms with Crippen molar-refractivity contribution in [3.8, 4) is 5.75 Å². The van der Waals surface area contributed by atoms with Crippen LogP contribution < -0.4 is 10.1 Å². The SMILES string of the molecule is CC1CN(C(=O)COc2ccc(F)cc2F)CC(C)N1. The van der Waals surface area contributed by atoms with Crippen LogP contribution in [-0.2, 0) is 4.79 Å². The Balaban J connectivity index is 1.91. The molecule has 2 unspecified atom stereocenters. The van der Waals surface area contributed by atoms with Gasteiger partial charge in [0.1, 0.15) is 5.82 Å². The number of amides is 1. The van der Waals surface area contributed by atoms with E-state index < -0.39 is 11.6 Å². The van der Waals surface area contributed by atoms with Crippen molar-refractivity contribution in [2.45, 2.75) is 25.9 Å². The fourth-order valence-corrected chi connectivity index (χ4v) is 2.35. The number of hydrogen-bond donors (Lipinski definition) is 1. The van der Waals surface area contributed by atoms with Crippen LogP contribution in [0.25, 0.3) is 0 Å². The first-order valence-electron chi connectivity index (χ1n) is 6.57. The molecule has 20 heavy (non-hydrogen) atoms. The highest BCUT2D eigenvalue weighted by Gasteiger charge is 2.25. The number of hydrogen-bond acceptors (Lipinski definition) is 3. The Hall–Kier alpha value is -1.69. The number of nitrogens with one attached hydrogen (secondary N) is 1. The van der Waals surface area contributed by atoms with Crippen molar-refractivity contribution in [3.63, 3.8) is 0 Å². The number of halogens is 2. The van der Waals surface area contributed by atoms with E-state index in [2.05, 4.69) is 5.32 Å². The highest BCUT2D eigenvalue weighted by atomic mass is 19.1. The third kappa shape index (κ3) is 3.66. The van der Waals surface area contributed by atoms with Gasteiger partial charge in [-0.3, -0.25) is 4.79 Å². The molecule has 1 aromatic rings. The number of piperazine rings is 1. The summed E-state index contributed by atoms with van der Waals surface area (Å²) in [5.74, 6) is -1.80. The monoisotopic (exact) mass is 284 g/mol. The third-order valence-corrected chi connectivity index (χ3v) is 3.16. The maximum absolute atomic E-state index is 13.4. The number of carbonyl (C=O) groups excluding carboxylic acids is 1. The van der Waals surface area contributed by atoms with Crippen LogP contribution in [0.5, 0.6) is 5.75 Å². The van der Waals surface area contributed by atoms with Gasteiger partial charge in [0.2, 0.25) is 0 Å². The summed E-state index contributed by atoms with van der Waals surface area (Å²) < 4.78 is 31.2. The van der Waals surface area contributed by atoms with Crippen molar-refractivity contribution in [1.29, 1.82) is 0 Å². The van der Waals surface area contributed by atoms with E-state index in [4.69, 9.17) is 4.74 Å². The van der Waals surface area contributed by atoms with Crippen LogP contribution >= 0.6 is 0 Å². The highest BCUT2D eigenvalue weighted by Crippen LogP contribution is 2.17. The molecule has 0 spiro atoms. The largest absolute Gasteiger partial charge is 0.481 e. The average Bonchev–Trinajstić information content (AvgIpc) is 2.36. The molecule has 0 radical (unpaired) electrons. The maximum Gasteiger partial charge on any atom is 0.260 e. The normalized spacial score (nSPS) is 22.7. The van der Waals surface area contributed by atoms with Crippen molar-refractivity contribution in [2.24, 2.45) is 0 Å². The van der Waals surface area contributed by atoms with Gasteiger partial charge in [0.05, 0.1) is 0 Å². The third-order valence-electron chi connectivity index (χ3n) is 3.16. The first-order valence-corrected chi connectivity index (χ1v) is 6.57. The molecule has 1 aliphatic heterocycles. The molecule has 0 bridgehead atoms. The van der Waals surface area contributed by atoms with E-state index in [1.54, 1.807) is 4.90 Å². The van der Waals surface area contributed by atoms with E-state index in [1.165, 1.54) is 6.07 Å². The van der Waals surface area contributed by atoms with Crippen LogP contribution in [0.15, 0.2) is 18.2 Å². The molecule has 2 atom stereocenters. The van der Waals surface area contributed by atoms with Crippen molar-refractivity contribution in [2.75, 3.05) is 19.7 Å². The molecule has 1 heterocycles. The van der Waals surface area contributed by atoms with E-state index in [-0.39, 0.29) is 30.3 Å². The van der Waals surface area contributed by atoms with Crippen molar-refractivity contribution < 1.29 is 18.3 Å². The summed E-state index contributed by atoms with van der Waals surface area (Å²) in [6.07, 6.45) is 0. The minimum absolute atomic E-state index is 0.115. The van der Waals surface area contributed by atoms with Crippen molar-refractivity contribution >= 4 is 5.91 Å². The lowest BCUT2D eigenvalue weighted by molar-refractivity contribution is -0.135. The summed E-state index contributed by atoms with van der Waals surface area (Å²) in [5, 5.41) is 3.32. The summed E-state index contributed by atoms with van der Waals surface area (Å²) in [5.41, 5.74) is 0. The molecule has 1 N–H and O–H groups in total. The molecule has 2 rings (SSSR count). The maximum atomic E-state index is 13.4. The lowest BCUT2D eigenvalue weighted by Crippen LogP contribution is -2.56. The van der Waals surface area contributed by atoms with Gasteiger partial charge < -0.3 is 15.0 Å². The first kappa shape index (κ1) is 14.7. The minimum Gasteiger partial charge on any atom is -0.481 e. The van der Waals surface area contributed by atoms with Gasteiger partial charge in [-0.15, -0.1) is 0 Å². The van der Waals surface area contributed by atoms with E-state index >= 15 is 0 Å². The van der Waals surface area contributed by atoms with Gasteiger partial charge in [0.15, 0.2) is 18.2 Å². The molecule has 1 amide bonds. The molecular weight excluding hydrogens is 266 g/mol. The standard InChI is InChI=1S/C14H18F2N2O2/c1-9-6-18(7-10(2)17-9)14(19)8-20-13-4-3-11(15)5-12(13)16/h3-5,9-10,17H,6-8H2,1-2H3. The second kappa shape index (κ2) is 6.17. The van der Waals surface area contributed by atoms with Crippen molar-refractivity contribution in [3.05, 3.63) is 29.8 Å². The second-order valence-corrected chi connectivity index (χ2v) is 5.13. The van der Waals surface area contributed by atoms with Gasteiger partial charge >= 0.3 is 0 Å². The Bertz CT molecular complexity index is 486. The Morgan fingerprint density at radius 1 is 1.35 bits per heavy atom. The predicted octanol–water partition coefficient (Wildman–Crippen LogP) is 1.55. The van der Waals surface area contributed by atoms with E-state index in [0.29, 0.717) is 13.1 Å².